The maximum atomic E-state index is 14.1. The van der Waals surface area contributed by atoms with Crippen molar-refractivity contribution in [2.45, 2.75) is 109 Å². The first-order chi connectivity index (χ1) is 42.5. The minimum Gasteiger partial charge on any atom is -0.462 e. The van der Waals surface area contributed by atoms with E-state index in [-0.39, 0.29) is 75.3 Å². The summed E-state index contributed by atoms with van der Waals surface area (Å²) in [6.07, 6.45) is 2.19. The van der Waals surface area contributed by atoms with Gasteiger partial charge < -0.3 is 63.8 Å². The maximum Gasteiger partial charge on any atom is 0.318 e. The van der Waals surface area contributed by atoms with Crippen molar-refractivity contribution in [3.8, 4) is 22.5 Å². The van der Waals surface area contributed by atoms with E-state index in [2.05, 4.69) is 92.5 Å². The van der Waals surface area contributed by atoms with Gasteiger partial charge in [-0.15, -0.1) is 11.3 Å². The van der Waals surface area contributed by atoms with Gasteiger partial charge in [0.15, 0.2) is 0 Å². The number of aliphatic hydroxyl groups is 1. The van der Waals surface area contributed by atoms with Crippen LogP contribution in [0.1, 0.15) is 75.5 Å². The molecule has 22 nitrogen and oxygen atoms in total. The molecular formula is C65H85N11O11S. The molecule has 0 bridgehead atoms. The molecule has 3 saturated heterocycles. The number of piperazine rings is 1. The van der Waals surface area contributed by atoms with E-state index in [4.69, 9.17) is 38.4 Å². The molecule has 4 aliphatic rings. The van der Waals surface area contributed by atoms with E-state index in [1.54, 1.807) is 16.2 Å². The Kier molecular flexibility index (Phi) is 22.9. The molecule has 2 aromatic heterocycles. The highest BCUT2D eigenvalue weighted by Crippen LogP contribution is 2.36. The lowest BCUT2D eigenvalue weighted by molar-refractivity contribution is -0.144. The van der Waals surface area contributed by atoms with E-state index in [9.17, 15) is 29.5 Å². The van der Waals surface area contributed by atoms with Crippen LogP contribution in [0.5, 0.6) is 6.01 Å². The summed E-state index contributed by atoms with van der Waals surface area (Å²) in [4.78, 5) is 79.1. The maximum absolute atomic E-state index is 14.1. The van der Waals surface area contributed by atoms with Crippen molar-refractivity contribution in [2.24, 2.45) is 5.41 Å². The summed E-state index contributed by atoms with van der Waals surface area (Å²) in [5.41, 5.74) is 7.11. The fourth-order valence-corrected chi connectivity index (χ4v) is 12.8. The highest BCUT2D eigenvalue weighted by atomic mass is 32.1. The van der Waals surface area contributed by atoms with Crippen molar-refractivity contribution < 1.29 is 52.7 Å². The van der Waals surface area contributed by atoms with Crippen LogP contribution in [0.2, 0.25) is 0 Å². The number of hydrogen-bond donors (Lipinski definition) is 3. The number of benzene rings is 3. The molecule has 6 heterocycles. The third kappa shape index (κ3) is 16.8. The van der Waals surface area contributed by atoms with Gasteiger partial charge in [0.1, 0.15) is 31.1 Å². The third-order valence-electron chi connectivity index (χ3n) is 16.7. The average molecular weight is 1230 g/mol. The Morgan fingerprint density at radius 1 is 0.841 bits per heavy atom. The summed E-state index contributed by atoms with van der Waals surface area (Å²) < 4.78 is 35.4. The molecule has 23 heteroatoms. The Bertz CT molecular complexity index is 3220. The monoisotopic (exact) mass is 1230 g/mol. The smallest absolute Gasteiger partial charge is 0.318 e. The fourth-order valence-electron chi connectivity index (χ4n) is 12.0. The van der Waals surface area contributed by atoms with Crippen LogP contribution < -0.4 is 25.2 Å². The Balaban J connectivity index is 0.645. The second kappa shape index (κ2) is 30.9. The van der Waals surface area contributed by atoms with Gasteiger partial charge in [0.2, 0.25) is 23.6 Å². The molecule has 0 radical (unpaired) electrons. The minimum absolute atomic E-state index is 0.00489. The molecule has 0 spiro atoms. The highest BCUT2D eigenvalue weighted by molar-refractivity contribution is 7.13. The topological polar surface area (TPSA) is 247 Å². The zero-order chi connectivity index (χ0) is 62.3. The minimum atomic E-state index is -0.983. The largest absolute Gasteiger partial charge is 0.462 e. The number of fused-ring (bicyclic) bond motifs is 2. The van der Waals surface area contributed by atoms with Crippen LogP contribution in [-0.4, -0.2) is 207 Å². The Labute approximate surface area is 520 Å². The highest BCUT2D eigenvalue weighted by Gasteiger charge is 2.45. The lowest BCUT2D eigenvalue weighted by Gasteiger charge is -2.42. The lowest BCUT2D eigenvalue weighted by Crippen LogP contribution is -2.58. The van der Waals surface area contributed by atoms with Crippen LogP contribution in [0.3, 0.4) is 0 Å². The van der Waals surface area contributed by atoms with E-state index in [0.717, 1.165) is 70.4 Å². The SMILES string of the molecule is C=CC(=O)N1CCN(c2nc(OC[C@@H]3C[C@@H](OCCOCCOCCOCCOCC(=O)N[C@H](C(=O)N4C[C@H](O)C[C@H]4C(=O)N[C@@H](C)c4ccc(-c5scnc5C)cc4)C(C)(C)C)CN3C)nc3c2CCN(c2cccc4ccccc24)C3)C[C@@H]1CC#N. The van der Waals surface area contributed by atoms with E-state index in [1.165, 1.54) is 21.7 Å². The molecule has 0 aliphatic carbocycles. The summed E-state index contributed by atoms with van der Waals surface area (Å²) in [6, 6.07) is 22.8. The Morgan fingerprint density at radius 3 is 2.26 bits per heavy atom. The van der Waals surface area contributed by atoms with Crippen LogP contribution in [0.25, 0.3) is 21.2 Å². The van der Waals surface area contributed by atoms with Gasteiger partial charge in [-0.2, -0.15) is 15.2 Å². The van der Waals surface area contributed by atoms with Gasteiger partial charge in [-0.3, -0.25) is 24.1 Å². The zero-order valence-electron chi connectivity index (χ0n) is 51.6. The summed E-state index contributed by atoms with van der Waals surface area (Å²) in [7, 11) is 2.06. The van der Waals surface area contributed by atoms with E-state index in [0.29, 0.717) is 78.4 Å². The number of amides is 4. The number of likely N-dealkylation sites (tertiary alicyclic amines) is 2. The number of ether oxygens (including phenoxy) is 6. The predicted molar refractivity (Wildman–Crippen MR) is 335 cm³/mol. The van der Waals surface area contributed by atoms with E-state index < -0.39 is 35.4 Å². The molecular weight excluding hydrogens is 1140 g/mol. The van der Waals surface area contributed by atoms with Gasteiger partial charge in [0.05, 0.1) is 118 Å². The van der Waals surface area contributed by atoms with E-state index in [1.807, 2.05) is 64.4 Å². The molecule has 3 fully saturated rings. The standard InChI is InChI=1S/C65H85N11O11S/c1-8-58(79)75-25-24-74(36-48(75)20-22-66)61-53-21-23-73(55-15-11-13-46-12-9-10-14-52(46)55)39-54(53)69-64(71-61)87-40-49-34-51(38-72(49)7)86-33-32-84-29-28-82-26-27-83-30-31-85-41-57(78)70-60(65(4,5)6)63(81)76-37-50(77)35-56(76)62(80)68-43(2)45-16-18-47(19-17-45)59-44(3)67-42-88-59/h8-19,42-43,48-51,56,60,77H,1,20-21,23-41H2,2-7H3,(H,68,80)(H,70,78)/t43-,48-,49-,50+,51+,56-,60+/m0/s1. The fraction of sp³-hybridized carbons (Fsp3) is 0.538. The first-order valence-electron chi connectivity index (χ1n) is 30.5. The normalized spacial score (nSPS) is 20.4. The number of nitrogens with zero attached hydrogens (tertiary/aromatic N) is 9. The number of aromatic nitrogens is 3. The van der Waals surface area contributed by atoms with Crippen molar-refractivity contribution >= 4 is 57.2 Å². The molecule has 7 atom stereocenters. The number of β-amino-alcohol motifs (C(OH)–C–C–N with tert-alkyl or cyclic N) is 1. The number of thiazole rings is 1. The van der Waals surface area contributed by atoms with Crippen molar-refractivity contribution in [2.75, 3.05) is 122 Å². The predicted octanol–water partition coefficient (Wildman–Crippen LogP) is 5.65. The van der Waals surface area contributed by atoms with E-state index >= 15 is 0 Å². The summed E-state index contributed by atoms with van der Waals surface area (Å²) in [6.45, 7) is 19.3. The summed E-state index contributed by atoms with van der Waals surface area (Å²) >= 11 is 1.57. The van der Waals surface area contributed by atoms with Crippen molar-refractivity contribution in [1.29, 1.82) is 5.26 Å². The first-order valence-corrected chi connectivity index (χ1v) is 31.4. The van der Waals surface area contributed by atoms with Gasteiger partial charge in [0, 0.05) is 68.4 Å². The van der Waals surface area contributed by atoms with Gasteiger partial charge in [-0.1, -0.05) is 88.0 Å². The molecule has 88 heavy (non-hydrogen) atoms. The second-order valence-corrected chi connectivity index (χ2v) is 24.9. The molecule has 472 valence electrons. The molecule has 4 aliphatic heterocycles. The third-order valence-corrected chi connectivity index (χ3v) is 17.7. The number of aliphatic hydroxyl groups excluding tert-OH is 1. The van der Waals surface area contributed by atoms with Gasteiger partial charge >= 0.3 is 6.01 Å². The number of aryl methyl sites for hydroxylation is 1. The number of hydrogen-bond acceptors (Lipinski definition) is 19. The van der Waals surface area contributed by atoms with Crippen LogP contribution >= 0.6 is 11.3 Å². The number of nitriles is 1. The molecule has 0 unspecified atom stereocenters. The molecule has 3 aromatic carbocycles. The second-order valence-electron chi connectivity index (χ2n) is 24.0. The first kappa shape index (κ1) is 65.3. The molecule has 3 N–H and O–H groups in total. The van der Waals surface area contributed by atoms with Crippen LogP contribution in [0.15, 0.2) is 84.9 Å². The van der Waals surface area contributed by atoms with Crippen LogP contribution in [0, 0.1) is 23.7 Å². The molecule has 0 saturated carbocycles. The Morgan fingerprint density at radius 2 is 1.56 bits per heavy atom. The number of carbonyl (C=O) groups excluding carboxylic acids is 4. The number of carbonyl (C=O) groups is 4. The van der Waals surface area contributed by atoms with Crippen LogP contribution in [0.4, 0.5) is 11.5 Å². The molecule has 5 aromatic rings. The quantitative estimate of drug-likeness (QED) is 0.0405. The van der Waals surface area contributed by atoms with Crippen molar-refractivity contribution in [3.63, 3.8) is 0 Å². The number of rotatable bonds is 28. The summed E-state index contributed by atoms with van der Waals surface area (Å²) in [5, 5.41) is 28.6. The van der Waals surface area contributed by atoms with Crippen molar-refractivity contribution in [1.82, 2.24) is 40.3 Å². The number of anilines is 2. The van der Waals surface area contributed by atoms with Crippen LogP contribution in [-0.2, 0) is 55.8 Å². The van der Waals surface area contributed by atoms with Gasteiger partial charge in [-0.05, 0) is 67.8 Å². The van der Waals surface area contributed by atoms with Crippen molar-refractivity contribution in [3.05, 3.63) is 107 Å². The molecule has 9 rings (SSSR count). The Hall–Kier alpha value is -7.14. The van der Waals surface area contributed by atoms with Gasteiger partial charge in [-0.25, -0.2) is 4.98 Å². The number of nitrogens with one attached hydrogen (secondary N) is 2. The van der Waals surface area contributed by atoms with Gasteiger partial charge in [0.25, 0.3) is 0 Å². The summed E-state index contributed by atoms with van der Waals surface area (Å²) in [5.74, 6) is -0.703. The average Bonchev–Trinajstić information content (AvgIpc) is 2.81. The zero-order valence-corrected chi connectivity index (χ0v) is 52.4. The number of likely N-dealkylation sites (N-methyl/N-ethyl adjacent to an activating group) is 1. The molecule has 4 amide bonds. The lowest BCUT2D eigenvalue weighted by atomic mass is 9.85.